The summed E-state index contributed by atoms with van der Waals surface area (Å²) in [4.78, 5) is 28.0. The molecule has 3 aromatic rings. The summed E-state index contributed by atoms with van der Waals surface area (Å²) >= 11 is 11.0. The molecule has 0 aliphatic carbocycles. The maximum absolute atomic E-state index is 12.6. The van der Waals surface area contributed by atoms with Crippen LogP contribution in [0.5, 0.6) is 0 Å². The summed E-state index contributed by atoms with van der Waals surface area (Å²) in [5.74, 6) is 0.359. The van der Waals surface area contributed by atoms with Gasteiger partial charge in [-0.2, -0.15) is 0 Å². The largest absolute Gasteiger partial charge is 0.300 e. The number of thiophene rings is 1. The molecule has 0 bridgehead atoms. The van der Waals surface area contributed by atoms with E-state index in [9.17, 15) is 9.59 Å². The Labute approximate surface area is 213 Å². The standard InChI is InChI=1S/C22H18N4O2S5/c27-18(10-11-26-19(28)17(32-22(26)29)14-16-9-5-12-30-16)23-20-24-25-21(33-20)31-13-4-8-15-6-2-1-3-7-15/h1-9,12,14H,10-11,13H2,(H,23,24,27)/b8-4+,17-14-. The number of amides is 2. The smallest absolute Gasteiger partial charge is 0.266 e. The van der Waals surface area contributed by atoms with E-state index in [4.69, 9.17) is 12.2 Å². The molecule has 3 heterocycles. The Hall–Kier alpha value is -2.31. The zero-order chi connectivity index (χ0) is 23.0. The summed E-state index contributed by atoms with van der Waals surface area (Å²) in [6.45, 7) is 0.225. The van der Waals surface area contributed by atoms with Crippen molar-refractivity contribution in [3.8, 4) is 0 Å². The first-order chi connectivity index (χ1) is 16.1. The molecule has 11 heteroatoms. The maximum Gasteiger partial charge on any atom is 0.266 e. The molecule has 6 nitrogen and oxygen atoms in total. The van der Waals surface area contributed by atoms with Crippen LogP contribution in [-0.4, -0.2) is 43.5 Å². The van der Waals surface area contributed by atoms with Crippen LogP contribution in [0.1, 0.15) is 16.9 Å². The lowest BCUT2D eigenvalue weighted by Gasteiger charge is -2.13. The molecule has 4 rings (SSSR count). The van der Waals surface area contributed by atoms with Crippen LogP contribution < -0.4 is 5.32 Å². The van der Waals surface area contributed by atoms with Gasteiger partial charge in [-0.3, -0.25) is 14.5 Å². The molecule has 1 aromatic carbocycles. The van der Waals surface area contributed by atoms with Crippen LogP contribution in [0.15, 0.2) is 63.2 Å². The first kappa shape index (κ1) is 23.8. The molecule has 1 aliphatic rings. The molecule has 0 unspecified atom stereocenters. The van der Waals surface area contributed by atoms with Gasteiger partial charge in [0.1, 0.15) is 4.32 Å². The van der Waals surface area contributed by atoms with E-state index < -0.39 is 0 Å². The number of nitrogens with zero attached hydrogens (tertiary/aromatic N) is 3. The Morgan fingerprint density at radius 3 is 2.82 bits per heavy atom. The second-order valence-electron chi connectivity index (χ2n) is 6.64. The Morgan fingerprint density at radius 1 is 1.18 bits per heavy atom. The number of carbonyl (C=O) groups excluding carboxylic acids is 2. The molecule has 0 radical (unpaired) electrons. The van der Waals surface area contributed by atoms with Crippen LogP contribution in [0, 0.1) is 0 Å². The minimum atomic E-state index is -0.233. The topological polar surface area (TPSA) is 75.2 Å². The van der Waals surface area contributed by atoms with E-state index in [2.05, 4.69) is 27.7 Å². The summed E-state index contributed by atoms with van der Waals surface area (Å²) in [6.07, 6.45) is 6.08. The highest BCUT2D eigenvalue weighted by Gasteiger charge is 2.32. The molecule has 1 aliphatic heterocycles. The van der Waals surface area contributed by atoms with Gasteiger partial charge >= 0.3 is 0 Å². The van der Waals surface area contributed by atoms with E-state index in [0.29, 0.717) is 14.4 Å². The van der Waals surface area contributed by atoms with Crippen LogP contribution in [0.4, 0.5) is 5.13 Å². The Bertz CT molecular complexity index is 1190. The summed E-state index contributed by atoms with van der Waals surface area (Å²) in [5, 5.41) is 13.3. The fourth-order valence-electron chi connectivity index (χ4n) is 2.78. The van der Waals surface area contributed by atoms with E-state index in [1.54, 1.807) is 23.1 Å². The molecule has 0 spiro atoms. The number of thioether (sulfide) groups is 2. The normalized spacial score (nSPS) is 15.2. The first-order valence-electron chi connectivity index (χ1n) is 9.85. The van der Waals surface area contributed by atoms with Crippen molar-refractivity contribution < 1.29 is 9.59 Å². The number of aromatic nitrogens is 2. The van der Waals surface area contributed by atoms with Gasteiger partial charge in [-0.05, 0) is 23.1 Å². The molecule has 1 N–H and O–H groups in total. The van der Waals surface area contributed by atoms with E-state index in [1.165, 1.54) is 28.0 Å². The van der Waals surface area contributed by atoms with Gasteiger partial charge in [0.2, 0.25) is 11.0 Å². The quantitative estimate of drug-likeness (QED) is 0.166. The highest BCUT2D eigenvalue weighted by Crippen LogP contribution is 2.33. The number of thiocarbonyl (C=S) groups is 1. The average Bonchev–Trinajstić information content (AvgIpc) is 3.54. The van der Waals surface area contributed by atoms with Crippen LogP contribution >= 0.6 is 58.4 Å². The van der Waals surface area contributed by atoms with Gasteiger partial charge in [0, 0.05) is 23.6 Å². The molecule has 0 atom stereocenters. The SMILES string of the molecule is O=C(CCN1C(=O)/C(=C/c2cccs2)SC1=S)Nc1nnc(SC/C=C/c2ccccc2)s1. The fraction of sp³-hybridized carbons (Fsp3) is 0.136. The van der Waals surface area contributed by atoms with E-state index in [0.717, 1.165) is 20.5 Å². The molecular formula is C22H18N4O2S5. The number of benzene rings is 1. The lowest BCUT2D eigenvalue weighted by atomic mass is 10.2. The average molecular weight is 531 g/mol. The van der Waals surface area contributed by atoms with Crippen molar-refractivity contribution in [3.05, 3.63) is 69.3 Å². The van der Waals surface area contributed by atoms with Crippen LogP contribution in [0.2, 0.25) is 0 Å². The first-order valence-corrected chi connectivity index (χ1v) is 13.8. The summed E-state index contributed by atoms with van der Waals surface area (Å²) in [6, 6.07) is 13.9. The Kier molecular flexibility index (Phi) is 8.46. The van der Waals surface area contributed by atoms with Crippen molar-refractivity contribution in [2.45, 2.75) is 10.8 Å². The monoisotopic (exact) mass is 530 g/mol. The lowest BCUT2D eigenvalue weighted by molar-refractivity contribution is -0.122. The number of nitrogens with one attached hydrogen (secondary N) is 1. The van der Waals surface area contributed by atoms with Crippen molar-refractivity contribution in [2.24, 2.45) is 0 Å². The third kappa shape index (κ3) is 6.84. The highest BCUT2D eigenvalue weighted by molar-refractivity contribution is 8.26. The number of hydrogen-bond donors (Lipinski definition) is 1. The summed E-state index contributed by atoms with van der Waals surface area (Å²) in [7, 11) is 0. The Morgan fingerprint density at radius 2 is 2.03 bits per heavy atom. The van der Waals surface area contributed by atoms with E-state index >= 15 is 0 Å². The molecule has 0 saturated carbocycles. The predicted molar refractivity (Wildman–Crippen MR) is 144 cm³/mol. The van der Waals surface area contributed by atoms with E-state index in [1.807, 2.05) is 53.9 Å². The number of hydrogen-bond acceptors (Lipinski definition) is 9. The summed E-state index contributed by atoms with van der Waals surface area (Å²) in [5.41, 5.74) is 1.15. The van der Waals surface area contributed by atoms with Crippen molar-refractivity contribution in [1.82, 2.24) is 15.1 Å². The van der Waals surface area contributed by atoms with Gasteiger partial charge in [0.05, 0.1) is 4.91 Å². The number of anilines is 1. The van der Waals surface area contributed by atoms with Gasteiger partial charge in [-0.25, -0.2) is 0 Å². The van der Waals surface area contributed by atoms with E-state index in [-0.39, 0.29) is 24.8 Å². The van der Waals surface area contributed by atoms with Gasteiger partial charge in [-0.15, -0.1) is 21.5 Å². The molecular weight excluding hydrogens is 513 g/mol. The highest BCUT2D eigenvalue weighted by atomic mass is 32.2. The number of rotatable bonds is 9. The van der Waals surface area contributed by atoms with Crippen molar-refractivity contribution >= 4 is 91.8 Å². The fourth-order valence-corrected chi connectivity index (χ4v) is 6.41. The van der Waals surface area contributed by atoms with Gasteiger partial charge in [0.25, 0.3) is 5.91 Å². The molecule has 33 heavy (non-hydrogen) atoms. The van der Waals surface area contributed by atoms with Crippen molar-refractivity contribution in [2.75, 3.05) is 17.6 Å². The zero-order valence-corrected chi connectivity index (χ0v) is 21.3. The third-order valence-corrected chi connectivity index (χ3v) is 8.44. The Balaban J connectivity index is 1.22. The second-order valence-corrected chi connectivity index (χ2v) is 11.5. The molecule has 168 valence electrons. The number of carbonyl (C=O) groups is 2. The molecule has 2 amide bonds. The van der Waals surface area contributed by atoms with Crippen LogP contribution in [0.3, 0.4) is 0 Å². The molecule has 2 aromatic heterocycles. The van der Waals surface area contributed by atoms with Crippen LogP contribution in [-0.2, 0) is 9.59 Å². The molecule has 1 fully saturated rings. The maximum atomic E-state index is 12.6. The van der Waals surface area contributed by atoms with Crippen molar-refractivity contribution in [3.63, 3.8) is 0 Å². The van der Waals surface area contributed by atoms with Gasteiger partial charge < -0.3 is 5.32 Å². The van der Waals surface area contributed by atoms with Gasteiger partial charge in [0.15, 0.2) is 4.34 Å². The third-order valence-electron chi connectivity index (χ3n) is 4.32. The summed E-state index contributed by atoms with van der Waals surface area (Å²) < 4.78 is 1.24. The zero-order valence-electron chi connectivity index (χ0n) is 17.2. The lowest BCUT2D eigenvalue weighted by Crippen LogP contribution is -2.31. The second kappa shape index (κ2) is 11.7. The van der Waals surface area contributed by atoms with Crippen molar-refractivity contribution in [1.29, 1.82) is 0 Å². The predicted octanol–water partition coefficient (Wildman–Crippen LogP) is 5.64. The minimum Gasteiger partial charge on any atom is -0.300 e. The minimum absolute atomic E-state index is 0.126. The van der Waals surface area contributed by atoms with Gasteiger partial charge in [-0.1, -0.05) is 95.6 Å². The van der Waals surface area contributed by atoms with Crippen LogP contribution in [0.25, 0.3) is 12.2 Å². The molecule has 1 saturated heterocycles.